The van der Waals surface area contributed by atoms with Crippen molar-refractivity contribution in [1.82, 2.24) is 34.3 Å². The van der Waals surface area contributed by atoms with E-state index in [9.17, 15) is 9.59 Å². The van der Waals surface area contributed by atoms with Gasteiger partial charge in [-0.25, -0.2) is 19.3 Å². The minimum absolute atomic E-state index is 0.0505. The first-order valence-corrected chi connectivity index (χ1v) is 20.5. The average molecular weight is 761 g/mol. The van der Waals surface area contributed by atoms with Crippen molar-refractivity contribution < 1.29 is 14.0 Å². The molecular formula is C46H45FN8O2. The van der Waals surface area contributed by atoms with Gasteiger partial charge in [0.25, 0.3) is 11.8 Å². The number of imidazole rings is 1. The van der Waals surface area contributed by atoms with E-state index in [1.54, 1.807) is 6.07 Å². The fourth-order valence-electron chi connectivity index (χ4n) is 9.29. The molecule has 2 aliphatic heterocycles. The minimum atomic E-state index is -0.433. The van der Waals surface area contributed by atoms with Crippen molar-refractivity contribution in [1.29, 1.82) is 0 Å². The minimum Gasteiger partial charge on any atom is -0.344 e. The quantitative estimate of drug-likeness (QED) is 0.180. The third-order valence-electron chi connectivity index (χ3n) is 12.5. The fraction of sp³-hybridized carbons (Fsp3) is 0.370. The van der Waals surface area contributed by atoms with Gasteiger partial charge in [0.05, 0.1) is 34.2 Å². The highest BCUT2D eigenvalue weighted by molar-refractivity contribution is 5.99. The topological polar surface area (TPSA) is 124 Å². The van der Waals surface area contributed by atoms with Gasteiger partial charge in [-0.15, -0.1) is 0 Å². The summed E-state index contributed by atoms with van der Waals surface area (Å²) >= 11 is 0. The molecule has 3 N–H and O–H groups in total. The van der Waals surface area contributed by atoms with Gasteiger partial charge in [0.2, 0.25) is 0 Å². The maximum atomic E-state index is 16.4. The summed E-state index contributed by atoms with van der Waals surface area (Å²) in [6, 6.07) is 22.5. The van der Waals surface area contributed by atoms with Gasteiger partial charge < -0.3 is 25.1 Å². The summed E-state index contributed by atoms with van der Waals surface area (Å²) in [7, 11) is 0. The number of hydrogen-bond acceptors (Lipinski definition) is 6. The van der Waals surface area contributed by atoms with Crippen LogP contribution in [0.3, 0.4) is 0 Å². The highest BCUT2D eigenvalue weighted by atomic mass is 19.1. The van der Waals surface area contributed by atoms with Crippen molar-refractivity contribution >= 4 is 33.9 Å². The molecule has 2 aliphatic carbocycles. The van der Waals surface area contributed by atoms with Crippen LogP contribution in [0.25, 0.3) is 33.6 Å². The van der Waals surface area contributed by atoms with Crippen LogP contribution in [0.1, 0.15) is 114 Å². The first kappa shape index (κ1) is 35.5. The lowest BCUT2D eigenvalue weighted by atomic mass is 9.94. The third kappa shape index (κ3) is 6.56. The normalized spacial score (nSPS) is 22.2. The van der Waals surface area contributed by atoms with Gasteiger partial charge >= 0.3 is 0 Å². The van der Waals surface area contributed by atoms with Crippen LogP contribution < -0.4 is 11.1 Å². The summed E-state index contributed by atoms with van der Waals surface area (Å²) in [5, 5.41) is 4.11. The van der Waals surface area contributed by atoms with Gasteiger partial charge in [-0.3, -0.25) is 9.59 Å². The second-order valence-corrected chi connectivity index (χ2v) is 16.4. The molecular weight excluding hydrogens is 716 g/mol. The second kappa shape index (κ2) is 14.3. The summed E-state index contributed by atoms with van der Waals surface area (Å²) in [6.07, 6.45) is 7.96. The Bertz CT molecular complexity index is 2630. The summed E-state index contributed by atoms with van der Waals surface area (Å²) in [5.74, 6) is 6.69. The molecule has 4 atom stereocenters. The van der Waals surface area contributed by atoms with E-state index < -0.39 is 5.82 Å². The number of aryl methyl sites for hydroxylation is 2. The molecule has 2 saturated carbocycles. The highest BCUT2D eigenvalue weighted by Gasteiger charge is 2.41. The number of nitrogens with zero attached hydrogens (tertiary/aromatic N) is 6. The van der Waals surface area contributed by atoms with Crippen molar-refractivity contribution in [3.05, 3.63) is 112 Å². The zero-order valence-corrected chi connectivity index (χ0v) is 32.0. The summed E-state index contributed by atoms with van der Waals surface area (Å²) in [6.45, 7) is 3.12. The molecule has 11 heteroatoms. The van der Waals surface area contributed by atoms with E-state index >= 15 is 4.39 Å². The molecule has 10 rings (SSSR count). The van der Waals surface area contributed by atoms with E-state index in [0.29, 0.717) is 59.1 Å². The number of pyridine rings is 2. The van der Waals surface area contributed by atoms with E-state index in [1.807, 2.05) is 71.0 Å². The zero-order valence-electron chi connectivity index (χ0n) is 32.0. The molecule has 288 valence electrons. The number of carbonyl (C=O) groups is 2. The maximum Gasteiger partial charge on any atom is 0.254 e. The predicted molar refractivity (Wildman–Crippen MR) is 217 cm³/mol. The molecule has 0 radical (unpaired) electrons. The number of nitrogens with two attached hydrogens (primary N) is 1. The average Bonchev–Trinajstić information content (AvgIpc) is 3.68. The van der Waals surface area contributed by atoms with Gasteiger partial charge in [-0.05, 0) is 125 Å². The van der Waals surface area contributed by atoms with E-state index in [-0.39, 0.29) is 36.0 Å². The first-order valence-electron chi connectivity index (χ1n) is 20.5. The number of amides is 2. The molecule has 6 aromatic rings. The molecule has 3 fully saturated rings. The van der Waals surface area contributed by atoms with Crippen LogP contribution in [-0.4, -0.2) is 59.4 Å². The Labute approximate surface area is 330 Å². The highest BCUT2D eigenvalue weighted by Crippen LogP contribution is 2.44. The largest absolute Gasteiger partial charge is 0.344 e. The SMILES string of the molecule is C[C@H]1NC(=O)c2ccc(C#Cc3ccccc3)nc2CCCCCn2c(-c3nc4cc(C(=O)N5C[C@H](N)[C@@H]6CC[C@H]5C6)cc(F)c4n3C3CC3)cc3ccc1nc32. The van der Waals surface area contributed by atoms with Crippen molar-refractivity contribution in [2.45, 2.75) is 95.4 Å². The lowest BCUT2D eigenvalue weighted by Crippen LogP contribution is -2.51. The number of halogens is 1. The first-order chi connectivity index (χ1) is 27.8. The lowest BCUT2D eigenvalue weighted by Gasteiger charge is -2.37. The summed E-state index contributed by atoms with van der Waals surface area (Å²) in [4.78, 5) is 44.7. The van der Waals surface area contributed by atoms with Crippen molar-refractivity contribution in [3.8, 4) is 23.4 Å². The van der Waals surface area contributed by atoms with Crippen LogP contribution in [0.4, 0.5) is 4.39 Å². The molecule has 2 amide bonds. The number of fused-ring (bicyclic) bond motifs is 5. The molecule has 1 saturated heterocycles. The predicted octanol–water partition coefficient (Wildman–Crippen LogP) is 7.49. The van der Waals surface area contributed by atoms with Gasteiger partial charge in [-0.2, -0.15) is 0 Å². The van der Waals surface area contributed by atoms with Crippen LogP contribution in [-0.2, 0) is 13.0 Å². The van der Waals surface area contributed by atoms with Crippen LogP contribution >= 0.6 is 0 Å². The van der Waals surface area contributed by atoms with Crippen molar-refractivity contribution in [2.75, 3.05) is 6.54 Å². The number of aromatic nitrogens is 5. The number of rotatable bonds is 3. The Morgan fingerprint density at radius 3 is 2.60 bits per heavy atom. The van der Waals surface area contributed by atoms with Gasteiger partial charge in [0.1, 0.15) is 22.7 Å². The van der Waals surface area contributed by atoms with Crippen molar-refractivity contribution in [3.63, 3.8) is 0 Å². The van der Waals surface area contributed by atoms with Gasteiger partial charge in [0, 0.05) is 47.7 Å². The van der Waals surface area contributed by atoms with Crippen LogP contribution in [0.15, 0.2) is 72.8 Å². The lowest BCUT2D eigenvalue weighted by molar-refractivity contribution is 0.0603. The smallest absolute Gasteiger partial charge is 0.254 e. The molecule has 6 heterocycles. The van der Waals surface area contributed by atoms with Crippen LogP contribution in [0.5, 0.6) is 0 Å². The zero-order chi connectivity index (χ0) is 38.8. The number of piperidine rings is 1. The Kier molecular flexibility index (Phi) is 8.89. The van der Waals surface area contributed by atoms with E-state index in [2.05, 4.69) is 27.8 Å². The Morgan fingerprint density at radius 1 is 0.912 bits per heavy atom. The number of likely N-dealkylation sites (tertiary alicyclic amines) is 1. The van der Waals surface area contributed by atoms with Gasteiger partial charge in [-0.1, -0.05) is 30.5 Å². The summed E-state index contributed by atoms with van der Waals surface area (Å²) in [5.41, 5.74) is 12.9. The molecule has 0 spiro atoms. The van der Waals surface area contributed by atoms with Crippen molar-refractivity contribution in [2.24, 2.45) is 11.7 Å². The summed E-state index contributed by atoms with van der Waals surface area (Å²) < 4.78 is 20.6. The van der Waals surface area contributed by atoms with E-state index in [4.69, 9.17) is 20.7 Å². The fourth-order valence-corrected chi connectivity index (χ4v) is 9.29. The molecule has 4 bridgehead atoms. The molecule has 4 aliphatic rings. The molecule has 10 nitrogen and oxygen atoms in total. The Hall–Kier alpha value is -5.86. The van der Waals surface area contributed by atoms with Crippen LogP contribution in [0.2, 0.25) is 0 Å². The standard InChI is InChI=1S/C46H45FN8O2/c1-27-38-20-13-30-25-41(44-52-40-24-31(23-36(47)42(40)55(44)33-17-18-33)46(57)54-26-37(48)29-12-16-34(54)22-29)53(43(30)51-38)21-7-3-6-10-39-35(45(56)49-27)19-15-32(50-39)14-11-28-8-4-2-5-9-28/h2,4-5,8-9,13,15,19-20,23-25,27,29,33-34,37H,3,6-7,10,12,16-18,21-22,26,48H2,1H3,(H,49,56)/t27-,29-,34+,37+/m1/s1. The number of nitrogens with one attached hydrogen (secondary N) is 1. The van der Waals surface area contributed by atoms with Gasteiger partial charge in [0.15, 0.2) is 5.82 Å². The molecule has 2 aromatic carbocycles. The molecule has 4 aromatic heterocycles. The Morgan fingerprint density at radius 2 is 1.75 bits per heavy atom. The third-order valence-corrected chi connectivity index (χ3v) is 12.5. The van der Waals surface area contributed by atoms with E-state index in [0.717, 1.165) is 85.0 Å². The second-order valence-electron chi connectivity index (χ2n) is 16.4. The van der Waals surface area contributed by atoms with E-state index in [1.165, 1.54) is 6.07 Å². The molecule has 57 heavy (non-hydrogen) atoms. The Balaban J connectivity index is 0.997. The number of carbonyl (C=O) groups excluding carboxylic acids is 2. The molecule has 0 unspecified atom stereocenters. The number of hydrogen-bond donors (Lipinski definition) is 2. The maximum absolute atomic E-state index is 16.4. The van der Waals surface area contributed by atoms with Crippen LogP contribution in [0, 0.1) is 23.6 Å². The number of benzene rings is 2. The monoisotopic (exact) mass is 760 g/mol.